The van der Waals surface area contributed by atoms with Crippen LogP contribution in [0.5, 0.6) is 0 Å². The first-order valence-corrected chi connectivity index (χ1v) is 5.15. The maximum absolute atomic E-state index is 4.21. The molecule has 0 saturated heterocycles. The van der Waals surface area contributed by atoms with E-state index >= 15 is 0 Å². The van der Waals surface area contributed by atoms with Crippen LogP contribution in [-0.2, 0) is 0 Å². The molecule has 4 heteroatoms. The van der Waals surface area contributed by atoms with Gasteiger partial charge in [-0.15, -0.1) is 0 Å². The maximum atomic E-state index is 4.21. The van der Waals surface area contributed by atoms with Crippen molar-refractivity contribution < 1.29 is 0 Å². The van der Waals surface area contributed by atoms with Gasteiger partial charge >= 0.3 is 0 Å². The summed E-state index contributed by atoms with van der Waals surface area (Å²) in [5, 5.41) is 3.22. The van der Waals surface area contributed by atoms with Crippen molar-refractivity contribution >= 4 is 23.8 Å². The smallest absolute Gasteiger partial charge is 0.178 e. The van der Waals surface area contributed by atoms with Crippen LogP contribution in [0.25, 0.3) is 6.08 Å². The largest absolute Gasteiger partial charge is 0.380 e. The van der Waals surface area contributed by atoms with E-state index in [1.807, 2.05) is 20.1 Å². The van der Waals surface area contributed by atoms with Crippen molar-refractivity contribution in [1.82, 2.24) is 9.97 Å². The fraction of sp³-hybridized carbons (Fsp3) is 0.364. The van der Waals surface area contributed by atoms with Gasteiger partial charge in [-0.3, -0.25) is 0 Å². The maximum Gasteiger partial charge on any atom is 0.178 e. The first kappa shape index (κ1) is 11.4. The van der Waals surface area contributed by atoms with Gasteiger partial charge in [0, 0.05) is 19.2 Å². The molecule has 1 aromatic heterocycles. The van der Waals surface area contributed by atoms with Crippen molar-refractivity contribution in [2.75, 3.05) is 11.9 Å². The second-order valence-corrected chi connectivity index (χ2v) is 2.69. The number of rotatable bonds is 1. The number of aliphatic imine (C=N–C) groups is 1. The first-order chi connectivity index (χ1) is 7.42. The zero-order valence-electron chi connectivity index (χ0n) is 9.20. The highest BCUT2D eigenvalue weighted by atomic mass is 15.0. The minimum absolute atomic E-state index is 0.697. The first-order valence-electron chi connectivity index (χ1n) is 5.15. The third kappa shape index (κ3) is 2.62. The minimum Gasteiger partial charge on any atom is -0.380 e. The van der Waals surface area contributed by atoms with Crippen LogP contribution in [0, 0.1) is 0 Å². The summed E-state index contributed by atoms with van der Waals surface area (Å²) in [6, 6.07) is 0. The van der Waals surface area contributed by atoms with Gasteiger partial charge in [-0.05, 0) is 6.08 Å². The highest BCUT2D eigenvalue weighted by Crippen LogP contribution is 2.26. The van der Waals surface area contributed by atoms with Gasteiger partial charge in [-0.2, -0.15) is 0 Å². The zero-order chi connectivity index (χ0) is 11.1. The number of nitrogens with one attached hydrogen (secondary N) is 1. The number of hydrogen-bond donors (Lipinski definition) is 1. The number of aromatic nitrogens is 2. The van der Waals surface area contributed by atoms with E-state index in [0.29, 0.717) is 5.82 Å². The second-order valence-electron chi connectivity index (χ2n) is 2.69. The van der Waals surface area contributed by atoms with Crippen LogP contribution >= 0.6 is 0 Å². The lowest BCUT2D eigenvalue weighted by molar-refractivity contribution is 1.10. The van der Waals surface area contributed by atoms with Crippen LogP contribution < -0.4 is 5.32 Å². The molecule has 0 atom stereocenters. The van der Waals surface area contributed by atoms with Crippen molar-refractivity contribution in [3.8, 4) is 0 Å². The summed E-state index contributed by atoms with van der Waals surface area (Å²) in [4.78, 5) is 12.4. The number of anilines is 1. The van der Waals surface area contributed by atoms with E-state index in [0.717, 1.165) is 24.3 Å². The summed E-state index contributed by atoms with van der Waals surface area (Å²) in [6.07, 6.45) is 5.97. The molecular weight excluding hydrogens is 188 g/mol. The summed E-state index contributed by atoms with van der Waals surface area (Å²) < 4.78 is 0. The molecule has 2 heterocycles. The summed E-state index contributed by atoms with van der Waals surface area (Å²) in [5.74, 6) is 0.697. The highest BCUT2D eigenvalue weighted by molar-refractivity contribution is 5.77. The molecule has 0 fully saturated rings. The normalized spacial score (nSPS) is 12.7. The summed E-state index contributed by atoms with van der Waals surface area (Å²) in [7, 11) is 0. The molecule has 0 radical (unpaired) electrons. The summed E-state index contributed by atoms with van der Waals surface area (Å²) in [6.45, 7) is 8.55. The lowest BCUT2D eigenvalue weighted by Gasteiger charge is -2.06. The number of nitrogens with zero attached hydrogens (tertiary/aromatic N) is 3. The topological polar surface area (TPSA) is 50.2 Å². The van der Waals surface area contributed by atoms with Gasteiger partial charge in [0.25, 0.3) is 0 Å². The molecule has 0 unspecified atom stereocenters. The molecule has 1 N–H and O–H groups in total. The molecule has 0 amide bonds. The Hall–Kier alpha value is -1.71. The second kappa shape index (κ2) is 5.90. The molecule has 0 aliphatic carbocycles. The van der Waals surface area contributed by atoms with Crippen LogP contribution in [0.3, 0.4) is 0 Å². The van der Waals surface area contributed by atoms with Gasteiger partial charge in [-0.25, -0.2) is 15.0 Å². The summed E-state index contributed by atoms with van der Waals surface area (Å²) in [5.41, 5.74) is 1.69. The Morgan fingerprint density at radius 1 is 1.40 bits per heavy atom. The van der Waals surface area contributed by atoms with Crippen LogP contribution in [0.2, 0.25) is 0 Å². The number of fused-ring (bicyclic) bond motifs is 1. The monoisotopic (exact) mass is 204 g/mol. The Bertz CT molecular complexity index is 358. The van der Waals surface area contributed by atoms with E-state index < -0.39 is 0 Å². The molecule has 80 valence electrons. The van der Waals surface area contributed by atoms with E-state index in [1.54, 1.807) is 6.08 Å². The Kier molecular flexibility index (Phi) is 4.47. The Labute approximate surface area is 90.2 Å². The highest BCUT2D eigenvalue weighted by Gasteiger charge is 2.08. The predicted molar refractivity (Wildman–Crippen MR) is 64.7 cm³/mol. The quantitative estimate of drug-likeness (QED) is 0.765. The average molecular weight is 204 g/mol. The average Bonchev–Trinajstić information content (AvgIpc) is 2.56. The lowest BCUT2D eigenvalue weighted by atomic mass is 10.3. The fourth-order valence-electron chi connectivity index (χ4n) is 1.22. The van der Waals surface area contributed by atoms with Gasteiger partial charge in [0.15, 0.2) is 5.82 Å². The molecule has 0 spiro atoms. The standard InChI is InChI=1S/C9H10N4.C2H6/c1-2-7-8-9(13-6-12-7)11-5-3-4-10-8;1-2/h2,5-6,10H,1,3-4H2;1-2H3. The molecule has 1 aromatic rings. The molecule has 1 aliphatic rings. The molecule has 4 nitrogen and oxygen atoms in total. The fourth-order valence-corrected chi connectivity index (χ4v) is 1.22. The third-order valence-corrected chi connectivity index (χ3v) is 1.84. The molecule has 0 saturated carbocycles. The van der Waals surface area contributed by atoms with Crippen LogP contribution in [0.1, 0.15) is 26.0 Å². The van der Waals surface area contributed by atoms with E-state index in [-0.39, 0.29) is 0 Å². The molecule has 15 heavy (non-hydrogen) atoms. The molecule has 2 rings (SSSR count). The van der Waals surface area contributed by atoms with E-state index in [1.165, 1.54) is 6.33 Å². The Morgan fingerprint density at radius 2 is 2.20 bits per heavy atom. The van der Waals surface area contributed by atoms with Crippen molar-refractivity contribution in [3.63, 3.8) is 0 Å². The van der Waals surface area contributed by atoms with Crippen molar-refractivity contribution in [2.24, 2.45) is 4.99 Å². The lowest BCUT2D eigenvalue weighted by Crippen LogP contribution is -2.02. The van der Waals surface area contributed by atoms with Gasteiger partial charge in [-0.1, -0.05) is 20.4 Å². The van der Waals surface area contributed by atoms with Crippen LogP contribution in [0.15, 0.2) is 17.9 Å². The zero-order valence-corrected chi connectivity index (χ0v) is 9.20. The molecular formula is C11H16N4. The van der Waals surface area contributed by atoms with E-state index in [9.17, 15) is 0 Å². The van der Waals surface area contributed by atoms with Crippen molar-refractivity contribution in [1.29, 1.82) is 0 Å². The summed E-state index contributed by atoms with van der Waals surface area (Å²) >= 11 is 0. The molecule has 0 bridgehead atoms. The SMILES string of the molecule is C=Cc1ncnc2c1NCCC=N2.CC. The van der Waals surface area contributed by atoms with Gasteiger partial charge < -0.3 is 5.32 Å². The van der Waals surface area contributed by atoms with Crippen molar-refractivity contribution in [3.05, 3.63) is 18.6 Å². The van der Waals surface area contributed by atoms with E-state index in [4.69, 9.17) is 0 Å². The van der Waals surface area contributed by atoms with Crippen molar-refractivity contribution in [2.45, 2.75) is 20.3 Å². The van der Waals surface area contributed by atoms with Crippen LogP contribution in [-0.4, -0.2) is 22.7 Å². The minimum atomic E-state index is 0.697. The predicted octanol–water partition coefficient (Wildman–Crippen LogP) is 2.66. The Morgan fingerprint density at radius 3 is 2.93 bits per heavy atom. The van der Waals surface area contributed by atoms with Gasteiger partial charge in [0.05, 0.1) is 5.69 Å². The molecule has 0 aromatic carbocycles. The van der Waals surface area contributed by atoms with Gasteiger partial charge in [0.2, 0.25) is 0 Å². The number of hydrogen-bond acceptors (Lipinski definition) is 4. The van der Waals surface area contributed by atoms with Gasteiger partial charge in [0.1, 0.15) is 12.0 Å². The van der Waals surface area contributed by atoms with E-state index in [2.05, 4.69) is 26.9 Å². The molecule has 1 aliphatic heterocycles. The third-order valence-electron chi connectivity index (χ3n) is 1.84. The van der Waals surface area contributed by atoms with Crippen LogP contribution in [0.4, 0.5) is 11.5 Å². The Balaban J connectivity index is 0.000000531.